The van der Waals surface area contributed by atoms with Gasteiger partial charge in [-0.2, -0.15) is 0 Å². The van der Waals surface area contributed by atoms with Gasteiger partial charge in [-0.1, -0.05) is 18.5 Å². The summed E-state index contributed by atoms with van der Waals surface area (Å²) in [7, 11) is 0. The first-order valence-corrected chi connectivity index (χ1v) is 7.62. The van der Waals surface area contributed by atoms with Crippen molar-refractivity contribution in [2.24, 2.45) is 0 Å². The molecule has 0 atom stereocenters. The lowest BCUT2D eigenvalue weighted by molar-refractivity contribution is 1.19. The largest absolute Gasteiger partial charge is 0.398 e. The van der Waals surface area contributed by atoms with Crippen molar-refractivity contribution in [3.05, 3.63) is 45.1 Å². The van der Waals surface area contributed by atoms with Gasteiger partial charge >= 0.3 is 0 Å². The van der Waals surface area contributed by atoms with Crippen molar-refractivity contribution < 1.29 is 0 Å². The van der Waals surface area contributed by atoms with Gasteiger partial charge in [0.2, 0.25) is 0 Å². The number of anilines is 1. The lowest BCUT2D eigenvalue weighted by Crippen LogP contribution is -1.85. The van der Waals surface area contributed by atoms with E-state index in [1.165, 1.54) is 9.75 Å². The number of thioether (sulfide) groups is 1. The molecule has 2 N–H and O–H groups in total. The number of nitrogen functional groups attached to an aromatic ring is 1. The van der Waals surface area contributed by atoms with Crippen LogP contribution in [0.1, 0.15) is 16.7 Å². The van der Waals surface area contributed by atoms with Crippen LogP contribution in [0.4, 0.5) is 5.69 Å². The maximum atomic E-state index is 5.99. The van der Waals surface area contributed by atoms with Gasteiger partial charge < -0.3 is 5.73 Å². The summed E-state index contributed by atoms with van der Waals surface area (Å²) in [6.07, 6.45) is 1.11. The number of halogens is 1. The minimum atomic E-state index is 0.635. The fraction of sp³-hybridized carbons (Fsp3) is 0.231. The first-order chi connectivity index (χ1) is 8.19. The van der Waals surface area contributed by atoms with E-state index in [1.807, 2.05) is 29.5 Å². The van der Waals surface area contributed by atoms with Gasteiger partial charge in [0.05, 0.1) is 10.7 Å². The minimum absolute atomic E-state index is 0.635. The van der Waals surface area contributed by atoms with Crippen molar-refractivity contribution in [1.29, 1.82) is 0 Å². The van der Waals surface area contributed by atoms with E-state index in [-0.39, 0.29) is 0 Å². The summed E-state index contributed by atoms with van der Waals surface area (Å²) in [4.78, 5) is 4.01. The quantitative estimate of drug-likeness (QED) is 0.642. The summed E-state index contributed by atoms with van der Waals surface area (Å²) < 4.78 is 0. The van der Waals surface area contributed by atoms with E-state index in [2.05, 4.69) is 19.1 Å². The fourth-order valence-electron chi connectivity index (χ4n) is 1.44. The van der Waals surface area contributed by atoms with Gasteiger partial charge in [-0.05, 0) is 36.8 Å². The second-order valence-electron chi connectivity index (χ2n) is 3.69. The zero-order valence-electron chi connectivity index (χ0n) is 9.57. The van der Waals surface area contributed by atoms with Crippen LogP contribution in [-0.4, -0.2) is 0 Å². The molecule has 0 fully saturated rings. The molecule has 0 aliphatic carbocycles. The molecule has 1 aromatic heterocycles. The van der Waals surface area contributed by atoms with Crippen LogP contribution in [0.15, 0.2) is 35.2 Å². The molecule has 90 valence electrons. The molecule has 1 aromatic carbocycles. The highest BCUT2D eigenvalue weighted by Crippen LogP contribution is 2.30. The monoisotopic (exact) mass is 283 g/mol. The van der Waals surface area contributed by atoms with E-state index in [9.17, 15) is 0 Å². The molecule has 0 saturated heterocycles. The van der Waals surface area contributed by atoms with Crippen molar-refractivity contribution in [3.63, 3.8) is 0 Å². The molecular formula is C13H14ClNS2. The van der Waals surface area contributed by atoms with Crippen LogP contribution >= 0.6 is 34.7 Å². The number of hydrogen-bond acceptors (Lipinski definition) is 3. The lowest BCUT2D eigenvalue weighted by Gasteiger charge is -2.02. The predicted molar refractivity (Wildman–Crippen MR) is 79.1 cm³/mol. The number of benzene rings is 1. The summed E-state index contributed by atoms with van der Waals surface area (Å²) in [5, 5.41) is 0.635. The Hall–Kier alpha value is -0.640. The van der Waals surface area contributed by atoms with Crippen LogP contribution in [-0.2, 0) is 12.2 Å². The number of nitrogens with two attached hydrogens (primary N) is 1. The van der Waals surface area contributed by atoms with Gasteiger partial charge in [0.15, 0.2) is 0 Å². The molecule has 0 aliphatic rings. The van der Waals surface area contributed by atoms with Gasteiger partial charge in [0.25, 0.3) is 0 Å². The Bertz CT molecular complexity index is 508. The summed E-state index contributed by atoms with van der Waals surface area (Å²) in [5.74, 6) is 0.991. The second-order valence-corrected chi connectivity index (χ2v) is 6.40. The normalized spacial score (nSPS) is 10.7. The highest BCUT2D eigenvalue weighted by Gasteiger charge is 2.02. The molecule has 17 heavy (non-hydrogen) atoms. The van der Waals surface area contributed by atoms with E-state index < -0.39 is 0 Å². The fourth-order valence-corrected chi connectivity index (χ4v) is 3.62. The van der Waals surface area contributed by atoms with E-state index >= 15 is 0 Å². The standard InChI is InChI=1S/C13H14ClNS2/c1-2-9-3-4-11(17-9)8-16-10-5-6-13(15)12(14)7-10/h3-7H,2,8,15H2,1H3. The van der Waals surface area contributed by atoms with Crippen LogP contribution in [0.2, 0.25) is 5.02 Å². The molecule has 2 aromatic rings. The summed E-state index contributed by atoms with van der Waals surface area (Å²) in [5.41, 5.74) is 6.32. The Morgan fingerprint density at radius 2 is 2.00 bits per heavy atom. The molecule has 0 radical (unpaired) electrons. The molecule has 0 bridgehead atoms. The average molecular weight is 284 g/mol. The number of aryl methyl sites for hydroxylation is 1. The van der Waals surface area contributed by atoms with Gasteiger partial charge in [0.1, 0.15) is 0 Å². The summed E-state index contributed by atoms with van der Waals surface area (Å²) in [6.45, 7) is 2.18. The highest BCUT2D eigenvalue weighted by molar-refractivity contribution is 7.98. The molecule has 0 amide bonds. The predicted octanol–water partition coefficient (Wildman–Crippen LogP) is 4.84. The Labute approximate surface area is 115 Å². The molecule has 4 heteroatoms. The van der Waals surface area contributed by atoms with E-state index in [0.717, 1.165) is 17.1 Å². The van der Waals surface area contributed by atoms with Crippen molar-refractivity contribution in [2.45, 2.75) is 24.0 Å². The maximum Gasteiger partial charge on any atom is 0.0646 e. The van der Waals surface area contributed by atoms with Gasteiger partial charge in [-0.15, -0.1) is 23.1 Å². The van der Waals surface area contributed by atoms with Crippen LogP contribution in [0.25, 0.3) is 0 Å². The SMILES string of the molecule is CCc1ccc(CSc2ccc(N)c(Cl)c2)s1. The van der Waals surface area contributed by atoms with Crippen molar-refractivity contribution in [3.8, 4) is 0 Å². The summed E-state index contributed by atoms with van der Waals surface area (Å²) >= 11 is 9.66. The molecule has 0 aliphatic heterocycles. The molecule has 2 rings (SSSR count). The van der Waals surface area contributed by atoms with E-state index in [1.54, 1.807) is 11.8 Å². The number of thiophene rings is 1. The van der Waals surface area contributed by atoms with Gasteiger partial charge in [-0.3, -0.25) is 0 Å². The molecular weight excluding hydrogens is 270 g/mol. The van der Waals surface area contributed by atoms with Gasteiger partial charge in [0, 0.05) is 20.4 Å². The number of rotatable bonds is 4. The maximum absolute atomic E-state index is 5.99. The molecule has 1 heterocycles. The van der Waals surface area contributed by atoms with Gasteiger partial charge in [-0.25, -0.2) is 0 Å². The zero-order valence-corrected chi connectivity index (χ0v) is 12.0. The van der Waals surface area contributed by atoms with Crippen LogP contribution in [0.3, 0.4) is 0 Å². The Kier molecular flexibility index (Phi) is 4.37. The summed E-state index contributed by atoms with van der Waals surface area (Å²) in [6, 6.07) is 10.2. The molecule has 0 saturated carbocycles. The highest BCUT2D eigenvalue weighted by atomic mass is 35.5. The van der Waals surface area contributed by atoms with Crippen molar-refractivity contribution in [1.82, 2.24) is 0 Å². The Morgan fingerprint density at radius 1 is 1.24 bits per heavy atom. The average Bonchev–Trinajstić information content (AvgIpc) is 2.79. The van der Waals surface area contributed by atoms with Crippen molar-refractivity contribution in [2.75, 3.05) is 5.73 Å². The topological polar surface area (TPSA) is 26.0 Å². The Morgan fingerprint density at radius 3 is 2.65 bits per heavy atom. The number of hydrogen-bond donors (Lipinski definition) is 1. The minimum Gasteiger partial charge on any atom is -0.398 e. The molecule has 0 unspecified atom stereocenters. The zero-order chi connectivity index (χ0) is 12.3. The third kappa shape index (κ3) is 3.41. The molecule has 1 nitrogen and oxygen atoms in total. The van der Waals surface area contributed by atoms with Crippen LogP contribution < -0.4 is 5.73 Å². The van der Waals surface area contributed by atoms with E-state index in [0.29, 0.717) is 10.7 Å². The first-order valence-electron chi connectivity index (χ1n) is 5.44. The lowest BCUT2D eigenvalue weighted by atomic mass is 10.3. The smallest absolute Gasteiger partial charge is 0.0646 e. The molecule has 0 spiro atoms. The Balaban J connectivity index is 1.99. The van der Waals surface area contributed by atoms with Crippen LogP contribution in [0.5, 0.6) is 0 Å². The third-order valence-electron chi connectivity index (χ3n) is 2.42. The van der Waals surface area contributed by atoms with Crippen LogP contribution in [0, 0.1) is 0 Å². The first kappa shape index (κ1) is 12.8. The third-order valence-corrected chi connectivity index (χ3v) is 5.20. The second kappa shape index (κ2) is 5.80. The van der Waals surface area contributed by atoms with Crippen molar-refractivity contribution >= 4 is 40.4 Å². The van der Waals surface area contributed by atoms with E-state index in [4.69, 9.17) is 17.3 Å².